The third kappa shape index (κ3) is 3.48. The predicted octanol–water partition coefficient (Wildman–Crippen LogP) is 4.01. The van der Waals surface area contributed by atoms with Crippen LogP contribution in [-0.4, -0.2) is 35.8 Å². The van der Waals surface area contributed by atoms with Crippen LogP contribution < -0.4 is 4.90 Å². The third-order valence-electron chi connectivity index (χ3n) is 4.21. The molecule has 1 fully saturated rings. The van der Waals surface area contributed by atoms with Gasteiger partial charge in [0.15, 0.2) is 0 Å². The Labute approximate surface area is 154 Å². The number of hydrogen-bond donors (Lipinski definition) is 0. The van der Waals surface area contributed by atoms with E-state index in [0.717, 1.165) is 0 Å². The van der Waals surface area contributed by atoms with E-state index in [9.17, 15) is 14.0 Å². The second-order valence-corrected chi connectivity index (χ2v) is 6.61. The zero-order chi connectivity index (χ0) is 18.1. The Balaban J connectivity index is 1.81. The van der Waals surface area contributed by atoms with Crippen molar-refractivity contribution in [3.05, 3.63) is 63.9 Å². The maximum Gasteiger partial charge on any atom is 0.254 e. The summed E-state index contributed by atoms with van der Waals surface area (Å²) in [6, 6.07) is 9.55. The Kier molecular flexibility index (Phi) is 4.97. The highest BCUT2D eigenvalue weighted by Gasteiger charge is 2.36. The third-order valence-corrected chi connectivity index (χ3v) is 4.75. The van der Waals surface area contributed by atoms with Gasteiger partial charge in [0.25, 0.3) is 5.91 Å². The summed E-state index contributed by atoms with van der Waals surface area (Å²) in [5.74, 6) is -0.948. The zero-order valence-electron chi connectivity index (χ0n) is 13.4. The molecule has 1 atom stereocenters. The monoisotopic (exact) mass is 380 g/mol. The van der Waals surface area contributed by atoms with Crippen molar-refractivity contribution in [2.75, 3.05) is 18.0 Å². The maximum atomic E-state index is 13.0. The van der Waals surface area contributed by atoms with Crippen LogP contribution in [-0.2, 0) is 4.79 Å². The molecule has 3 rings (SSSR count). The Morgan fingerprint density at radius 2 is 1.80 bits per heavy atom. The van der Waals surface area contributed by atoms with E-state index >= 15 is 0 Å². The Morgan fingerprint density at radius 3 is 2.44 bits per heavy atom. The predicted molar refractivity (Wildman–Crippen MR) is 95.7 cm³/mol. The first-order valence-electron chi connectivity index (χ1n) is 7.71. The fourth-order valence-corrected chi connectivity index (χ4v) is 3.36. The maximum absolute atomic E-state index is 13.0. The van der Waals surface area contributed by atoms with Crippen LogP contribution in [0.2, 0.25) is 10.0 Å². The first kappa shape index (κ1) is 17.7. The second kappa shape index (κ2) is 7.02. The van der Waals surface area contributed by atoms with E-state index in [-0.39, 0.29) is 11.8 Å². The van der Waals surface area contributed by atoms with Crippen molar-refractivity contribution in [1.29, 1.82) is 0 Å². The zero-order valence-corrected chi connectivity index (χ0v) is 14.9. The lowest BCUT2D eigenvalue weighted by atomic mass is 10.1. The minimum atomic E-state index is -0.655. The number of halogens is 3. The summed E-state index contributed by atoms with van der Waals surface area (Å²) in [6.07, 6.45) is 0. The molecule has 0 radical (unpaired) electrons. The molecule has 0 N–H and O–H groups in total. The topological polar surface area (TPSA) is 40.6 Å². The van der Waals surface area contributed by atoms with Gasteiger partial charge >= 0.3 is 0 Å². The van der Waals surface area contributed by atoms with Gasteiger partial charge in [-0.2, -0.15) is 0 Å². The van der Waals surface area contributed by atoms with Gasteiger partial charge in [0.05, 0.1) is 10.7 Å². The molecule has 2 amide bonds. The molecule has 1 saturated heterocycles. The van der Waals surface area contributed by atoms with Crippen molar-refractivity contribution in [3.63, 3.8) is 0 Å². The Hall–Kier alpha value is -2.11. The molecule has 2 aromatic rings. The summed E-state index contributed by atoms with van der Waals surface area (Å²) in [6.45, 7) is 2.33. The first-order chi connectivity index (χ1) is 11.9. The van der Waals surface area contributed by atoms with Gasteiger partial charge in [-0.3, -0.25) is 9.59 Å². The van der Waals surface area contributed by atoms with Gasteiger partial charge in [0, 0.05) is 23.7 Å². The molecule has 7 heteroatoms. The van der Waals surface area contributed by atoms with Crippen LogP contribution in [0.5, 0.6) is 0 Å². The first-order valence-corrected chi connectivity index (χ1v) is 8.47. The van der Waals surface area contributed by atoms with Gasteiger partial charge in [0.2, 0.25) is 5.91 Å². The van der Waals surface area contributed by atoms with Crippen molar-refractivity contribution < 1.29 is 14.0 Å². The molecule has 4 nitrogen and oxygen atoms in total. The van der Waals surface area contributed by atoms with Crippen LogP contribution >= 0.6 is 23.2 Å². The summed E-state index contributed by atoms with van der Waals surface area (Å²) in [5, 5.41) is 0.866. The van der Waals surface area contributed by atoms with Crippen LogP contribution in [0.1, 0.15) is 17.3 Å². The second-order valence-electron chi connectivity index (χ2n) is 5.77. The highest BCUT2D eigenvalue weighted by atomic mass is 35.5. The largest absolute Gasteiger partial charge is 0.325 e. The molecule has 0 spiro atoms. The van der Waals surface area contributed by atoms with Gasteiger partial charge in [-0.1, -0.05) is 23.2 Å². The van der Waals surface area contributed by atoms with Crippen molar-refractivity contribution in [1.82, 2.24) is 4.90 Å². The van der Waals surface area contributed by atoms with Crippen LogP contribution in [0.25, 0.3) is 0 Å². The number of piperazine rings is 1. The van der Waals surface area contributed by atoms with Crippen LogP contribution in [0, 0.1) is 5.82 Å². The molecule has 0 bridgehead atoms. The molecule has 1 aliphatic heterocycles. The highest BCUT2D eigenvalue weighted by Crippen LogP contribution is 2.31. The SMILES string of the molecule is CC1C(=O)N(c2ccc(Cl)cc2Cl)CCN1C(=O)c1ccc(F)cc1. The van der Waals surface area contributed by atoms with Gasteiger partial charge in [0.1, 0.15) is 11.9 Å². The molecule has 1 unspecified atom stereocenters. The summed E-state index contributed by atoms with van der Waals surface area (Å²) < 4.78 is 13.0. The van der Waals surface area contributed by atoms with E-state index in [1.165, 1.54) is 29.2 Å². The van der Waals surface area contributed by atoms with E-state index in [0.29, 0.717) is 34.4 Å². The van der Waals surface area contributed by atoms with Gasteiger partial charge < -0.3 is 9.80 Å². The summed E-state index contributed by atoms with van der Waals surface area (Å²) in [5.41, 5.74) is 0.913. The average molecular weight is 381 g/mol. The molecule has 0 saturated carbocycles. The summed E-state index contributed by atoms with van der Waals surface area (Å²) in [4.78, 5) is 28.4. The van der Waals surface area contributed by atoms with Crippen molar-refractivity contribution in [3.8, 4) is 0 Å². The minimum Gasteiger partial charge on any atom is -0.325 e. The molecular formula is C18H15Cl2FN2O2. The Morgan fingerprint density at radius 1 is 1.12 bits per heavy atom. The number of nitrogens with zero attached hydrogens (tertiary/aromatic N) is 2. The fourth-order valence-electron chi connectivity index (χ4n) is 2.85. The molecule has 130 valence electrons. The fraction of sp³-hybridized carbons (Fsp3) is 0.222. The number of rotatable bonds is 2. The van der Waals surface area contributed by atoms with E-state index < -0.39 is 11.9 Å². The van der Waals surface area contributed by atoms with Gasteiger partial charge in [-0.25, -0.2) is 4.39 Å². The molecule has 0 aromatic heterocycles. The number of hydrogen-bond acceptors (Lipinski definition) is 2. The molecular weight excluding hydrogens is 366 g/mol. The number of amides is 2. The van der Waals surface area contributed by atoms with Crippen LogP contribution in [0.15, 0.2) is 42.5 Å². The quantitative estimate of drug-likeness (QED) is 0.789. The number of carbonyl (C=O) groups excluding carboxylic acids is 2. The van der Waals surface area contributed by atoms with Crippen LogP contribution in [0.4, 0.5) is 10.1 Å². The highest BCUT2D eigenvalue weighted by molar-refractivity contribution is 6.36. The number of anilines is 1. The number of benzene rings is 2. The molecule has 1 heterocycles. The minimum absolute atomic E-state index is 0.231. The molecule has 25 heavy (non-hydrogen) atoms. The van der Waals surface area contributed by atoms with E-state index in [1.807, 2.05) is 0 Å². The van der Waals surface area contributed by atoms with E-state index in [4.69, 9.17) is 23.2 Å². The summed E-state index contributed by atoms with van der Waals surface area (Å²) >= 11 is 12.1. The number of carbonyl (C=O) groups is 2. The molecule has 2 aromatic carbocycles. The van der Waals surface area contributed by atoms with E-state index in [1.54, 1.807) is 30.0 Å². The van der Waals surface area contributed by atoms with Crippen molar-refractivity contribution >= 4 is 40.7 Å². The molecule has 0 aliphatic carbocycles. The summed E-state index contributed by atoms with van der Waals surface area (Å²) in [7, 11) is 0. The van der Waals surface area contributed by atoms with Crippen LogP contribution in [0.3, 0.4) is 0 Å². The normalized spacial score (nSPS) is 17.8. The van der Waals surface area contributed by atoms with E-state index in [2.05, 4.69) is 0 Å². The lowest BCUT2D eigenvalue weighted by molar-refractivity contribution is -0.124. The standard InChI is InChI=1S/C18H15Cl2FN2O2/c1-11-17(24)23(16-7-4-13(19)10-15(16)20)9-8-22(11)18(25)12-2-5-14(21)6-3-12/h2-7,10-11H,8-9H2,1H3. The van der Waals surface area contributed by atoms with Gasteiger partial charge in [-0.05, 0) is 49.4 Å². The lowest BCUT2D eigenvalue weighted by Crippen LogP contribution is -2.57. The van der Waals surface area contributed by atoms with Crippen molar-refractivity contribution in [2.45, 2.75) is 13.0 Å². The Bertz CT molecular complexity index is 826. The molecule has 1 aliphatic rings. The van der Waals surface area contributed by atoms with Gasteiger partial charge in [-0.15, -0.1) is 0 Å². The van der Waals surface area contributed by atoms with Crippen molar-refractivity contribution in [2.24, 2.45) is 0 Å². The smallest absolute Gasteiger partial charge is 0.254 e. The average Bonchev–Trinajstić information content (AvgIpc) is 2.58. The lowest BCUT2D eigenvalue weighted by Gasteiger charge is -2.39.